The molecule has 0 aliphatic heterocycles. The van der Waals surface area contributed by atoms with Crippen LogP contribution in [0.15, 0.2) is 83.8 Å². The van der Waals surface area contributed by atoms with Gasteiger partial charge in [-0.05, 0) is 35.4 Å². The highest BCUT2D eigenvalue weighted by Gasteiger charge is 2.27. The molecule has 2 aromatic heterocycles. The molecule has 0 unspecified atom stereocenters. The molecule has 1 N–H and O–H groups in total. The Hall–Kier alpha value is -4.13. The Balaban J connectivity index is 1.61. The van der Waals surface area contributed by atoms with Crippen LogP contribution in [0, 0.1) is 0 Å². The number of ether oxygens (including phenoxy) is 2. The van der Waals surface area contributed by atoms with E-state index in [0.717, 1.165) is 6.42 Å². The first-order chi connectivity index (χ1) is 16.1. The number of pyridine rings is 1. The van der Waals surface area contributed by atoms with Crippen LogP contribution in [0.4, 0.5) is 0 Å². The number of esters is 1. The molecule has 0 radical (unpaired) electrons. The maximum atomic E-state index is 13.2. The predicted molar refractivity (Wildman–Crippen MR) is 124 cm³/mol. The van der Waals surface area contributed by atoms with Gasteiger partial charge in [-0.3, -0.25) is 14.0 Å². The average Bonchev–Trinajstić information content (AvgIpc) is 2.84. The Morgan fingerprint density at radius 1 is 1.03 bits per heavy atom. The van der Waals surface area contributed by atoms with Crippen molar-refractivity contribution in [3.05, 3.63) is 106 Å². The summed E-state index contributed by atoms with van der Waals surface area (Å²) >= 11 is 0. The van der Waals surface area contributed by atoms with Gasteiger partial charge < -0.3 is 14.6 Å². The van der Waals surface area contributed by atoms with Crippen molar-refractivity contribution in [3.8, 4) is 11.6 Å². The van der Waals surface area contributed by atoms with Crippen LogP contribution in [0.5, 0.6) is 11.6 Å². The van der Waals surface area contributed by atoms with E-state index in [-0.39, 0.29) is 12.0 Å². The van der Waals surface area contributed by atoms with Gasteiger partial charge in [0.25, 0.3) is 5.56 Å². The molecule has 4 rings (SSSR count). The van der Waals surface area contributed by atoms with Gasteiger partial charge >= 0.3 is 5.97 Å². The second kappa shape index (κ2) is 9.99. The lowest BCUT2D eigenvalue weighted by Crippen LogP contribution is -2.24. The van der Waals surface area contributed by atoms with Crippen molar-refractivity contribution < 1.29 is 19.4 Å². The minimum absolute atomic E-state index is 0.0434. The van der Waals surface area contributed by atoms with E-state index in [1.54, 1.807) is 48.7 Å². The SMILES string of the molecule is COC(=O)C[C@@H](c1ccc(OCCc2ccccc2)cc1)c1c(O)nc2ccccn2c1=O. The number of benzene rings is 2. The smallest absolute Gasteiger partial charge is 0.306 e. The summed E-state index contributed by atoms with van der Waals surface area (Å²) in [6.45, 7) is 0.520. The second-order valence-electron chi connectivity index (χ2n) is 7.57. The van der Waals surface area contributed by atoms with Crippen molar-refractivity contribution >= 4 is 11.6 Å². The number of hydrogen-bond acceptors (Lipinski definition) is 6. The quantitative estimate of drug-likeness (QED) is 0.417. The Kier molecular flexibility index (Phi) is 6.69. The molecule has 4 aromatic rings. The number of carbonyl (C=O) groups is 1. The predicted octanol–water partition coefficient (Wildman–Crippen LogP) is 3.72. The fraction of sp³-hybridized carbons (Fsp3) is 0.192. The third-order valence-corrected chi connectivity index (χ3v) is 5.48. The molecule has 2 heterocycles. The summed E-state index contributed by atoms with van der Waals surface area (Å²) in [5.41, 5.74) is 1.78. The summed E-state index contributed by atoms with van der Waals surface area (Å²) in [4.78, 5) is 29.4. The Labute approximate surface area is 190 Å². The van der Waals surface area contributed by atoms with Crippen LogP contribution in [0.25, 0.3) is 5.65 Å². The highest BCUT2D eigenvalue weighted by molar-refractivity contribution is 5.71. The van der Waals surface area contributed by atoms with E-state index in [0.29, 0.717) is 23.6 Å². The van der Waals surface area contributed by atoms with Crippen molar-refractivity contribution in [3.63, 3.8) is 0 Å². The molecule has 0 aliphatic rings. The monoisotopic (exact) mass is 444 g/mol. The highest BCUT2D eigenvalue weighted by atomic mass is 16.5. The number of aromatic nitrogens is 2. The van der Waals surface area contributed by atoms with Gasteiger partial charge in [0, 0.05) is 18.5 Å². The summed E-state index contributed by atoms with van der Waals surface area (Å²) in [5, 5.41) is 10.6. The van der Waals surface area contributed by atoms with Gasteiger partial charge in [0.15, 0.2) is 0 Å². The summed E-state index contributed by atoms with van der Waals surface area (Å²) in [6.07, 6.45) is 2.24. The van der Waals surface area contributed by atoms with Crippen molar-refractivity contribution in [2.75, 3.05) is 13.7 Å². The van der Waals surface area contributed by atoms with Gasteiger partial charge in [-0.25, -0.2) is 0 Å². The molecule has 7 nitrogen and oxygen atoms in total. The largest absolute Gasteiger partial charge is 0.493 e. The van der Waals surface area contributed by atoms with Crippen LogP contribution < -0.4 is 10.3 Å². The average molecular weight is 444 g/mol. The number of hydrogen-bond donors (Lipinski definition) is 1. The lowest BCUT2D eigenvalue weighted by Gasteiger charge is -2.18. The maximum Gasteiger partial charge on any atom is 0.306 e. The number of nitrogens with zero attached hydrogens (tertiary/aromatic N) is 2. The Bertz CT molecular complexity index is 1300. The van der Waals surface area contributed by atoms with Gasteiger partial charge in [0.2, 0.25) is 5.88 Å². The molecule has 0 fully saturated rings. The van der Waals surface area contributed by atoms with E-state index >= 15 is 0 Å². The third kappa shape index (κ3) is 5.03. The number of rotatable bonds is 8. The van der Waals surface area contributed by atoms with Crippen molar-refractivity contribution in [2.24, 2.45) is 0 Å². The minimum Gasteiger partial charge on any atom is -0.493 e. The molecule has 33 heavy (non-hydrogen) atoms. The van der Waals surface area contributed by atoms with Gasteiger partial charge in [-0.15, -0.1) is 0 Å². The lowest BCUT2D eigenvalue weighted by atomic mass is 9.89. The van der Waals surface area contributed by atoms with E-state index < -0.39 is 23.3 Å². The molecule has 0 saturated heterocycles. The fourth-order valence-electron chi connectivity index (χ4n) is 3.76. The number of fused-ring (bicyclic) bond motifs is 1. The first kappa shape index (κ1) is 22.1. The van der Waals surface area contributed by atoms with Crippen molar-refractivity contribution in [2.45, 2.75) is 18.8 Å². The molecule has 0 amide bonds. The van der Waals surface area contributed by atoms with Gasteiger partial charge in [-0.2, -0.15) is 4.98 Å². The molecular formula is C26H24N2O5. The van der Waals surface area contributed by atoms with Crippen molar-refractivity contribution in [1.29, 1.82) is 0 Å². The fourth-order valence-corrected chi connectivity index (χ4v) is 3.76. The van der Waals surface area contributed by atoms with Crippen LogP contribution >= 0.6 is 0 Å². The van der Waals surface area contributed by atoms with E-state index in [1.807, 2.05) is 30.3 Å². The second-order valence-corrected chi connectivity index (χ2v) is 7.57. The van der Waals surface area contributed by atoms with Crippen LogP contribution in [0.2, 0.25) is 0 Å². The first-order valence-electron chi connectivity index (χ1n) is 10.6. The molecule has 168 valence electrons. The topological polar surface area (TPSA) is 90.1 Å². The van der Waals surface area contributed by atoms with E-state index in [4.69, 9.17) is 9.47 Å². The Morgan fingerprint density at radius 3 is 2.48 bits per heavy atom. The molecule has 0 spiro atoms. The minimum atomic E-state index is -0.729. The summed E-state index contributed by atoms with van der Waals surface area (Å²) in [6, 6.07) is 22.2. The summed E-state index contributed by atoms with van der Waals surface area (Å²) in [7, 11) is 1.29. The van der Waals surface area contributed by atoms with Crippen LogP contribution in [-0.4, -0.2) is 34.2 Å². The van der Waals surface area contributed by atoms with Gasteiger partial charge in [0.05, 0.1) is 25.7 Å². The molecule has 0 aliphatic carbocycles. The number of carbonyl (C=O) groups excluding carboxylic acids is 1. The molecule has 0 bridgehead atoms. The first-order valence-corrected chi connectivity index (χ1v) is 10.6. The van der Waals surface area contributed by atoms with E-state index in [2.05, 4.69) is 4.98 Å². The maximum absolute atomic E-state index is 13.2. The Morgan fingerprint density at radius 2 is 1.76 bits per heavy atom. The normalized spacial score (nSPS) is 11.8. The standard InChI is InChI=1S/C26H24N2O5/c1-32-23(29)17-21(24-25(30)27-22-9-5-6-15-28(22)26(24)31)19-10-12-20(13-11-19)33-16-14-18-7-3-2-4-8-18/h2-13,15,21,30H,14,16-17H2,1H3/t21-/m0/s1. The highest BCUT2D eigenvalue weighted by Crippen LogP contribution is 2.32. The molecule has 2 aromatic carbocycles. The number of methoxy groups -OCH3 is 1. The lowest BCUT2D eigenvalue weighted by molar-refractivity contribution is -0.140. The van der Waals surface area contributed by atoms with Crippen LogP contribution in [-0.2, 0) is 16.0 Å². The summed E-state index contributed by atoms with van der Waals surface area (Å²) in [5.74, 6) is -0.958. The molecule has 0 saturated carbocycles. The van der Waals surface area contributed by atoms with E-state index in [9.17, 15) is 14.7 Å². The zero-order chi connectivity index (χ0) is 23.2. The third-order valence-electron chi connectivity index (χ3n) is 5.48. The summed E-state index contributed by atoms with van der Waals surface area (Å²) < 4.78 is 12.0. The van der Waals surface area contributed by atoms with Crippen LogP contribution in [0.3, 0.4) is 0 Å². The van der Waals surface area contributed by atoms with Gasteiger partial charge in [0.1, 0.15) is 11.4 Å². The van der Waals surface area contributed by atoms with Gasteiger partial charge in [-0.1, -0.05) is 48.5 Å². The molecular weight excluding hydrogens is 420 g/mol. The van der Waals surface area contributed by atoms with E-state index in [1.165, 1.54) is 17.1 Å². The molecule has 1 atom stereocenters. The zero-order valence-electron chi connectivity index (χ0n) is 18.2. The molecule has 7 heteroatoms. The van der Waals surface area contributed by atoms with Crippen molar-refractivity contribution in [1.82, 2.24) is 9.38 Å². The van der Waals surface area contributed by atoms with Crippen LogP contribution in [0.1, 0.15) is 29.0 Å². The number of aromatic hydroxyl groups is 1. The zero-order valence-corrected chi connectivity index (χ0v) is 18.2.